The van der Waals surface area contributed by atoms with Crippen LogP contribution < -0.4 is 15.1 Å². The maximum atomic E-state index is 10.7. The first kappa shape index (κ1) is 26.1. The van der Waals surface area contributed by atoms with Crippen LogP contribution >= 0.6 is 35.4 Å². The Hall–Kier alpha value is -1.56. The molecule has 0 spiro atoms. The predicted octanol–water partition coefficient (Wildman–Crippen LogP) is 2.07. The summed E-state index contributed by atoms with van der Waals surface area (Å²) in [6, 6.07) is 11.1. The minimum atomic E-state index is -4.23. The van der Waals surface area contributed by atoms with Crippen molar-refractivity contribution < 1.29 is 46.8 Å². The molecule has 0 radical (unpaired) electrons. The average molecular weight is 532 g/mol. The zero-order valence-electron chi connectivity index (χ0n) is 17.0. The van der Waals surface area contributed by atoms with E-state index in [-0.39, 0.29) is 6.42 Å². The van der Waals surface area contributed by atoms with Gasteiger partial charge in [-0.2, -0.15) is 8.67 Å². The molecule has 0 saturated heterocycles. The first-order valence-electron chi connectivity index (χ1n) is 9.25. The second kappa shape index (κ2) is 12.2. The van der Waals surface area contributed by atoms with Gasteiger partial charge in [0.05, 0.1) is 44.0 Å². The molecule has 0 bridgehead atoms. The smallest absolute Gasteiger partial charge is 0.169 e. The Balaban J connectivity index is 1.86. The summed E-state index contributed by atoms with van der Waals surface area (Å²) < 4.78 is 43.0. The van der Waals surface area contributed by atoms with E-state index in [2.05, 4.69) is 18.7 Å². The van der Waals surface area contributed by atoms with Gasteiger partial charge in [0.15, 0.2) is 12.4 Å². The monoisotopic (exact) mass is 531 g/mol. The lowest BCUT2D eigenvalue weighted by Crippen LogP contribution is -2.33. The molecule has 0 atom stereocenters. The summed E-state index contributed by atoms with van der Waals surface area (Å²) >= 11 is 3.01. The first-order valence-corrected chi connectivity index (χ1v) is 13.1. The summed E-state index contributed by atoms with van der Waals surface area (Å²) in [4.78, 5) is 3.00. The summed E-state index contributed by atoms with van der Waals surface area (Å²) in [5.74, 6) is -0.415. The topological polar surface area (TPSA) is 144 Å². The van der Waals surface area contributed by atoms with Crippen LogP contribution in [0, 0.1) is 6.92 Å². The van der Waals surface area contributed by atoms with Gasteiger partial charge in [0.1, 0.15) is 6.54 Å². The van der Waals surface area contributed by atoms with Crippen LogP contribution in [0.3, 0.4) is 0 Å². The molecular weight excluding hydrogens is 514 g/mol. The van der Waals surface area contributed by atoms with E-state index in [4.69, 9.17) is 0 Å². The van der Waals surface area contributed by atoms with Crippen molar-refractivity contribution in [2.24, 2.45) is 0 Å². The molecule has 0 aliphatic heterocycles. The highest BCUT2D eigenvalue weighted by Crippen LogP contribution is 2.44. The van der Waals surface area contributed by atoms with Gasteiger partial charge in [0.25, 0.3) is 0 Å². The molecule has 0 aliphatic rings. The van der Waals surface area contributed by atoms with Crippen LogP contribution in [-0.4, -0.2) is 18.7 Å². The molecule has 33 heavy (non-hydrogen) atoms. The molecule has 1 aromatic carbocycles. The van der Waals surface area contributed by atoms with Crippen LogP contribution in [0.5, 0.6) is 0 Å². The maximum Gasteiger partial charge on any atom is 0.169 e. The van der Waals surface area contributed by atoms with E-state index >= 15 is 0 Å². The van der Waals surface area contributed by atoms with Crippen LogP contribution in [0.1, 0.15) is 12.0 Å². The summed E-state index contributed by atoms with van der Waals surface area (Å²) in [5, 5.41) is 27.5. The minimum absolute atomic E-state index is 0.223. The van der Waals surface area contributed by atoms with E-state index in [9.17, 15) is 23.5 Å². The number of pyridine rings is 1. The number of rotatable bonds is 12. The van der Waals surface area contributed by atoms with Crippen molar-refractivity contribution in [2.75, 3.05) is 5.75 Å². The van der Waals surface area contributed by atoms with Gasteiger partial charge in [-0.25, -0.2) is 13.0 Å². The third-order valence-electron chi connectivity index (χ3n) is 4.44. The van der Waals surface area contributed by atoms with E-state index < -0.39 is 15.9 Å². The maximum absolute atomic E-state index is 10.7. The molecular formula is C19H17NO9S4-2. The number of benzene rings is 1. The Labute approximate surface area is 202 Å². The highest BCUT2D eigenvalue weighted by Gasteiger charge is 2.16. The number of nitrogens with zero attached hydrogens (tertiary/aromatic N) is 1. The molecule has 3 rings (SSSR count). The van der Waals surface area contributed by atoms with Crippen molar-refractivity contribution in [3.05, 3.63) is 54.4 Å². The van der Waals surface area contributed by atoms with Crippen LogP contribution in [0.15, 0.2) is 58.6 Å². The van der Waals surface area contributed by atoms with E-state index in [1.165, 1.54) is 11.3 Å². The number of hydrogen-bond donors (Lipinski definition) is 0. The van der Waals surface area contributed by atoms with Crippen LogP contribution in [0.25, 0.3) is 20.9 Å². The minimum Gasteiger partial charge on any atom is -0.748 e. The molecule has 0 amide bonds. The Morgan fingerprint density at radius 2 is 1.64 bits per heavy atom. The third kappa shape index (κ3) is 7.73. The van der Waals surface area contributed by atoms with Crippen molar-refractivity contribution in [3.8, 4) is 20.9 Å². The predicted molar refractivity (Wildman–Crippen MR) is 115 cm³/mol. The lowest BCUT2D eigenvalue weighted by Gasteiger charge is -2.09. The number of thiophene rings is 1. The van der Waals surface area contributed by atoms with Gasteiger partial charge >= 0.3 is 0 Å². The summed E-state index contributed by atoms with van der Waals surface area (Å²) in [6.07, 6.45) is 3.80. The molecule has 10 nitrogen and oxygen atoms in total. The largest absolute Gasteiger partial charge is 0.748 e. The van der Waals surface area contributed by atoms with E-state index in [1.54, 1.807) is 17.0 Å². The molecule has 0 N–H and O–H groups in total. The Bertz CT molecular complexity index is 1170. The fourth-order valence-corrected chi connectivity index (χ4v) is 5.68. The molecule has 14 heteroatoms. The summed E-state index contributed by atoms with van der Waals surface area (Å²) in [7, 11) is -4.23. The average Bonchev–Trinajstić information content (AvgIpc) is 3.21. The van der Waals surface area contributed by atoms with Crippen molar-refractivity contribution in [3.63, 3.8) is 0 Å². The quantitative estimate of drug-likeness (QED) is 0.111. The number of aryl methyl sites for hydroxylation is 2. The van der Waals surface area contributed by atoms with Gasteiger partial charge in [0.2, 0.25) is 0 Å². The molecule has 178 valence electrons. The Kier molecular flexibility index (Phi) is 9.66. The third-order valence-corrected chi connectivity index (χ3v) is 7.96. The van der Waals surface area contributed by atoms with Gasteiger partial charge in [-0.15, -0.1) is 11.3 Å². The molecule has 0 aliphatic carbocycles. The van der Waals surface area contributed by atoms with Gasteiger partial charge in [0, 0.05) is 39.6 Å². The van der Waals surface area contributed by atoms with Crippen molar-refractivity contribution in [1.82, 2.24) is 0 Å². The highest BCUT2D eigenvalue weighted by atomic mass is 32.2. The van der Waals surface area contributed by atoms with Crippen molar-refractivity contribution >= 4 is 45.5 Å². The van der Waals surface area contributed by atoms with Crippen LogP contribution in [-0.2, 0) is 35.4 Å². The zero-order valence-corrected chi connectivity index (χ0v) is 20.3. The van der Waals surface area contributed by atoms with Crippen LogP contribution in [0.4, 0.5) is 0 Å². The van der Waals surface area contributed by atoms with Gasteiger partial charge in [-0.3, -0.25) is 10.1 Å². The Morgan fingerprint density at radius 1 is 0.970 bits per heavy atom. The molecule has 3 aromatic rings. The number of hydrogen-bond acceptors (Lipinski definition) is 12. The van der Waals surface area contributed by atoms with Gasteiger partial charge in [-0.1, -0.05) is 12.1 Å². The molecule has 2 aromatic heterocycles. The molecule has 2 heterocycles. The second-order valence-corrected chi connectivity index (χ2v) is 10.7. The summed E-state index contributed by atoms with van der Waals surface area (Å²) in [6.45, 7) is 2.25. The molecule has 0 fully saturated rings. The lowest BCUT2D eigenvalue weighted by atomic mass is 10.1. The van der Waals surface area contributed by atoms with E-state index in [1.807, 2.05) is 43.3 Å². The Morgan fingerprint density at radius 3 is 2.27 bits per heavy atom. The fraction of sp³-hybridized carbons (Fsp3) is 0.211. The van der Waals surface area contributed by atoms with Crippen molar-refractivity contribution in [1.29, 1.82) is 0 Å². The van der Waals surface area contributed by atoms with Gasteiger partial charge in [-0.05, 0) is 30.2 Å². The molecule has 0 saturated carbocycles. The second-order valence-electron chi connectivity index (χ2n) is 6.66. The fourth-order valence-electron chi connectivity index (χ4n) is 2.91. The van der Waals surface area contributed by atoms with Gasteiger partial charge < -0.3 is 15.1 Å². The van der Waals surface area contributed by atoms with Crippen molar-refractivity contribution in [2.45, 2.75) is 29.7 Å². The standard InChI is InChI=1S/C19H19NO9S4/c1-13-3-4-15(11-16(13)31-28-26-21)19-18(32-29-27-22)12-17(30-19)14-5-8-20(9-6-14)7-2-10-33(23,24)25/h3-6,8-9,11-12H,2,7,10H2,1H3,(H2-,21,22,23,24,25)/p-2. The van der Waals surface area contributed by atoms with E-state index in [0.29, 0.717) is 16.3 Å². The lowest BCUT2D eigenvalue weighted by molar-refractivity contribution is -0.777. The van der Waals surface area contributed by atoms with Crippen LogP contribution in [0.2, 0.25) is 0 Å². The highest BCUT2D eigenvalue weighted by molar-refractivity contribution is 7.95. The summed E-state index contributed by atoms with van der Waals surface area (Å²) in [5.41, 5.74) is 2.56. The SMILES string of the molecule is Cc1ccc(-c2sc(-c3cc[n+](CCCS(=O)(=O)[O-])cc3)cc2SOO[O-])cc1SOO[O-]. The number of aromatic nitrogens is 1. The first-order chi connectivity index (χ1) is 15.8. The zero-order chi connectivity index (χ0) is 23.8. The van der Waals surface area contributed by atoms with E-state index in [0.717, 1.165) is 50.5 Å². The normalized spacial score (nSPS) is 11.8. The molecule has 0 unspecified atom stereocenters.